The van der Waals surface area contributed by atoms with Gasteiger partial charge in [0.05, 0.1) is 12.3 Å². The number of rotatable bonds is 5. The minimum Gasteiger partial charge on any atom is -0.388 e. The predicted octanol–water partition coefficient (Wildman–Crippen LogP) is 3.93. The SMILES string of the molecule is N/C(CC(O)c1ccc2ccccc2c1)=N\N=C\c1ccc(F)cc1F. The van der Waals surface area contributed by atoms with E-state index in [2.05, 4.69) is 10.2 Å². The Morgan fingerprint density at radius 3 is 2.58 bits per heavy atom. The van der Waals surface area contributed by atoms with Crippen LogP contribution in [-0.4, -0.2) is 17.2 Å². The second-order valence-electron chi connectivity index (χ2n) is 5.83. The summed E-state index contributed by atoms with van der Waals surface area (Å²) in [4.78, 5) is 0. The van der Waals surface area contributed by atoms with E-state index in [0.717, 1.165) is 34.7 Å². The maximum atomic E-state index is 13.5. The van der Waals surface area contributed by atoms with Gasteiger partial charge in [0.1, 0.15) is 17.5 Å². The fourth-order valence-corrected chi connectivity index (χ4v) is 2.54. The summed E-state index contributed by atoms with van der Waals surface area (Å²) in [6.07, 6.45) is 0.395. The number of amidine groups is 1. The third kappa shape index (κ3) is 4.29. The molecule has 0 saturated heterocycles. The molecule has 6 heteroatoms. The minimum absolute atomic E-state index is 0.0849. The maximum Gasteiger partial charge on any atom is 0.134 e. The summed E-state index contributed by atoms with van der Waals surface area (Å²) in [5.74, 6) is -1.30. The maximum absolute atomic E-state index is 13.5. The first kappa shape index (κ1) is 17.7. The van der Waals surface area contributed by atoms with Gasteiger partial charge in [0.2, 0.25) is 0 Å². The summed E-state index contributed by atoms with van der Waals surface area (Å²) < 4.78 is 26.3. The molecule has 0 spiro atoms. The zero-order valence-corrected chi connectivity index (χ0v) is 13.8. The highest BCUT2D eigenvalue weighted by molar-refractivity contribution is 5.85. The first-order valence-electron chi connectivity index (χ1n) is 8.00. The lowest BCUT2D eigenvalue weighted by atomic mass is 10.0. The molecule has 0 aliphatic rings. The molecule has 1 atom stereocenters. The molecule has 26 heavy (non-hydrogen) atoms. The highest BCUT2D eigenvalue weighted by atomic mass is 19.1. The molecule has 0 heterocycles. The number of hydrogen-bond donors (Lipinski definition) is 2. The van der Waals surface area contributed by atoms with Gasteiger partial charge < -0.3 is 10.8 Å². The van der Waals surface area contributed by atoms with Crippen molar-refractivity contribution >= 4 is 22.8 Å². The van der Waals surface area contributed by atoms with Crippen molar-refractivity contribution in [3.63, 3.8) is 0 Å². The van der Waals surface area contributed by atoms with Gasteiger partial charge in [0.15, 0.2) is 0 Å². The van der Waals surface area contributed by atoms with Crippen molar-refractivity contribution in [1.29, 1.82) is 0 Å². The Hall–Kier alpha value is -3.12. The van der Waals surface area contributed by atoms with Crippen LogP contribution in [0.3, 0.4) is 0 Å². The molecule has 3 aromatic carbocycles. The Kier molecular flexibility index (Phi) is 5.34. The third-order valence-electron chi connectivity index (χ3n) is 3.91. The molecule has 0 amide bonds. The summed E-state index contributed by atoms with van der Waals surface area (Å²) in [6, 6.07) is 16.6. The van der Waals surface area contributed by atoms with Crippen LogP contribution >= 0.6 is 0 Å². The Morgan fingerprint density at radius 2 is 1.81 bits per heavy atom. The van der Waals surface area contributed by atoms with E-state index in [4.69, 9.17) is 5.73 Å². The lowest BCUT2D eigenvalue weighted by Crippen LogP contribution is -2.15. The zero-order valence-electron chi connectivity index (χ0n) is 13.8. The first-order chi connectivity index (χ1) is 12.5. The van der Waals surface area contributed by atoms with Gasteiger partial charge in [-0.1, -0.05) is 36.4 Å². The molecule has 0 aliphatic carbocycles. The van der Waals surface area contributed by atoms with Gasteiger partial charge in [-0.25, -0.2) is 8.78 Å². The van der Waals surface area contributed by atoms with Gasteiger partial charge in [-0.05, 0) is 34.5 Å². The number of hydrogen-bond acceptors (Lipinski definition) is 3. The van der Waals surface area contributed by atoms with Gasteiger partial charge in [0.25, 0.3) is 0 Å². The van der Waals surface area contributed by atoms with E-state index in [1.807, 2.05) is 42.5 Å². The second-order valence-corrected chi connectivity index (χ2v) is 5.83. The minimum atomic E-state index is -0.832. The van der Waals surface area contributed by atoms with Crippen LogP contribution in [0.1, 0.15) is 23.7 Å². The van der Waals surface area contributed by atoms with Crippen molar-refractivity contribution in [1.82, 2.24) is 0 Å². The molecule has 3 rings (SSSR count). The fraction of sp³-hybridized carbons (Fsp3) is 0.100. The van der Waals surface area contributed by atoms with Crippen LogP contribution in [0.15, 0.2) is 70.9 Å². The number of nitrogens with zero attached hydrogens (tertiary/aromatic N) is 2. The highest BCUT2D eigenvalue weighted by Crippen LogP contribution is 2.22. The first-order valence-corrected chi connectivity index (χ1v) is 8.00. The quantitative estimate of drug-likeness (QED) is 0.414. The van der Waals surface area contributed by atoms with Crippen molar-refractivity contribution in [2.45, 2.75) is 12.5 Å². The summed E-state index contributed by atoms with van der Waals surface area (Å²) >= 11 is 0. The van der Waals surface area contributed by atoms with Crippen LogP contribution < -0.4 is 5.73 Å². The van der Waals surface area contributed by atoms with Gasteiger partial charge in [-0.15, -0.1) is 5.10 Å². The van der Waals surface area contributed by atoms with Crippen LogP contribution in [0.5, 0.6) is 0 Å². The van der Waals surface area contributed by atoms with Gasteiger partial charge in [-0.2, -0.15) is 5.10 Å². The normalized spacial score (nSPS) is 13.4. The lowest BCUT2D eigenvalue weighted by Gasteiger charge is -2.11. The van der Waals surface area contributed by atoms with Gasteiger partial charge in [0, 0.05) is 18.1 Å². The second kappa shape index (κ2) is 7.84. The van der Waals surface area contributed by atoms with Gasteiger partial charge in [-0.3, -0.25) is 0 Å². The van der Waals surface area contributed by atoms with E-state index in [1.54, 1.807) is 0 Å². The van der Waals surface area contributed by atoms with Crippen LogP contribution in [0.2, 0.25) is 0 Å². The summed E-state index contributed by atoms with van der Waals surface area (Å²) in [5, 5.41) is 19.9. The number of nitrogens with two attached hydrogens (primary N) is 1. The summed E-state index contributed by atoms with van der Waals surface area (Å²) in [7, 11) is 0. The standard InChI is InChI=1S/C20H17F2N3O/c21-17-8-7-16(18(22)10-17)12-24-25-20(23)11-19(26)15-6-5-13-3-1-2-4-14(13)9-15/h1-10,12,19,26H,11H2,(H2,23,25)/b24-12+. The molecular weight excluding hydrogens is 336 g/mol. The molecule has 0 bridgehead atoms. The average molecular weight is 353 g/mol. The lowest BCUT2D eigenvalue weighted by molar-refractivity contribution is 0.186. The number of benzene rings is 3. The Bertz CT molecular complexity index is 986. The molecule has 4 nitrogen and oxygen atoms in total. The van der Waals surface area contributed by atoms with Crippen LogP contribution in [0.25, 0.3) is 10.8 Å². The fourth-order valence-electron chi connectivity index (χ4n) is 2.54. The monoisotopic (exact) mass is 353 g/mol. The Labute approximate surface area is 149 Å². The van der Waals surface area contributed by atoms with E-state index in [0.29, 0.717) is 0 Å². The molecule has 3 N–H and O–H groups in total. The van der Waals surface area contributed by atoms with Crippen LogP contribution in [0.4, 0.5) is 8.78 Å². The van der Waals surface area contributed by atoms with Crippen molar-refractivity contribution < 1.29 is 13.9 Å². The molecule has 0 radical (unpaired) electrons. The molecule has 0 aromatic heterocycles. The number of fused-ring (bicyclic) bond motifs is 1. The summed E-state index contributed by atoms with van der Waals surface area (Å²) in [6.45, 7) is 0. The number of aliphatic hydroxyl groups excluding tert-OH is 1. The zero-order chi connectivity index (χ0) is 18.5. The van der Waals surface area contributed by atoms with Crippen molar-refractivity contribution in [3.05, 3.63) is 83.4 Å². The van der Waals surface area contributed by atoms with E-state index in [-0.39, 0.29) is 17.8 Å². The highest BCUT2D eigenvalue weighted by Gasteiger charge is 2.10. The van der Waals surface area contributed by atoms with Crippen molar-refractivity contribution in [3.8, 4) is 0 Å². The molecule has 0 saturated carbocycles. The van der Waals surface area contributed by atoms with E-state index >= 15 is 0 Å². The average Bonchev–Trinajstić information content (AvgIpc) is 2.63. The van der Waals surface area contributed by atoms with Crippen LogP contribution in [-0.2, 0) is 0 Å². The Balaban J connectivity index is 1.68. The molecule has 3 aromatic rings. The van der Waals surface area contributed by atoms with Gasteiger partial charge >= 0.3 is 0 Å². The molecular formula is C20H17F2N3O. The smallest absolute Gasteiger partial charge is 0.134 e. The topological polar surface area (TPSA) is 71.0 Å². The Morgan fingerprint density at radius 1 is 1.04 bits per heavy atom. The van der Waals surface area contributed by atoms with Crippen molar-refractivity contribution in [2.75, 3.05) is 0 Å². The van der Waals surface area contributed by atoms with Crippen LogP contribution in [0, 0.1) is 11.6 Å². The van der Waals surface area contributed by atoms with E-state index in [1.165, 1.54) is 6.07 Å². The third-order valence-corrected chi connectivity index (χ3v) is 3.91. The molecule has 1 unspecified atom stereocenters. The molecule has 0 fully saturated rings. The van der Waals surface area contributed by atoms with E-state index in [9.17, 15) is 13.9 Å². The number of aliphatic hydroxyl groups is 1. The largest absolute Gasteiger partial charge is 0.388 e. The van der Waals surface area contributed by atoms with Crippen molar-refractivity contribution in [2.24, 2.45) is 15.9 Å². The predicted molar refractivity (Wildman–Crippen MR) is 99.1 cm³/mol. The number of halogens is 2. The molecule has 0 aliphatic heterocycles. The molecule has 132 valence electrons. The van der Waals surface area contributed by atoms with E-state index < -0.39 is 17.7 Å². The summed E-state index contributed by atoms with van der Waals surface area (Å²) in [5.41, 5.74) is 6.59.